The van der Waals surface area contributed by atoms with E-state index in [4.69, 9.17) is 4.74 Å². The third-order valence-electron chi connectivity index (χ3n) is 3.77. The highest BCUT2D eigenvalue weighted by Crippen LogP contribution is 2.49. The first-order valence-corrected chi connectivity index (χ1v) is 7.09. The molecular formula is C16H17FN2O2. The minimum Gasteiger partial charge on any atom is -0.466 e. The monoisotopic (exact) mass is 288 g/mol. The molecule has 0 spiro atoms. The summed E-state index contributed by atoms with van der Waals surface area (Å²) in [5.74, 6) is -0.681. The van der Waals surface area contributed by atoms with Crippen molar-refractivity contribution >= 4 is 5.97 Å². The maximum atomic E-state index is 14.2. The van der Waals surface area contributed by atoms with Gasteiger partial charge in [0.15, 0.2) is 0 Å². The Labute approximate surface area is 122 Å². The lowest BCUT2D eigenvalue weighted by Crippen LogP contribution is -2.07. The molecule has 21 heavy (non-hydrogen) atoms. The summed E-state index contributed by atoms with van der Waals surface area (Å²) >= 11 is 0. The van der Waals surface area contributed by atoms with Gasteiger partial charge in [0, 0.05) is 24.9 Å². The van der Waals surface area contributed by atoms with Crippen LogP contribution in [0.15, 0.2) is 36.9 Å². The third kappa shape index (κ3) is 2.96. The van der Waals surface area contributed by atoms with Crippen LogP contribution in [-0.2, 0) is 16.1 Å². The van der Waals surface area contributed by atoms with Crippen LogP contribution in [0.1, 0.15) is 30.4 Å². The molecular weight excluding hydrogens is 271 g/mol. The number of carbonyl (C=O) groups excluding carboxylic acids is 1. The normalized spacial score (nSPS) is 20.3. The zero-order chi connectivity index (χ0) is 14.8. The van der Waals surface area contributed by atoms with Crippen molar-refractivity contribution in [3.8, 4) is 0 Å². The number of ether oxygens (including phenoxy) is 1. The standard InChI is InChI=1S/C16H17FN2O2/c1-2-21-16(20)14-8-13(14)12-4-3-11(7-15(12)17)9-19-6-5-18-10-19/h3-7,10,13-14H,2,8-9H2,1H3. The Balaban J connectivity index is 1.70. The second-order valence-corrected chi connectivity index (χ2v) is 5.29. The van der Waals surface area contributed by atoms with Crippen LogP contribution in [0.2, 0.25) is 0 Å². The molecule has 4 nitrogen and oxygen atoms in total. The van der Waals surface area contributed by atoms with Gasteiger partial charge in [0.25, 0.3) is 0 Å². The second-order valence-electron chi connectivity index (χ2n) is 5.29. The van der Waals surface area contributed by atoms with Gasteiger partial charge in [-0.25, -0.2) is 9.37 Å². The summed E-state index contributed by atoms with van der Waals surface area (Å²) in [6, 6.07) is 5.22. The van der Waals surface area contributed by atoms with Gasteiger partial charge in [-0.15, -0.1) is 0 Å². The Morgan fingerprint density at radius 1 is 1.52 bits per heavy atom. The van der Waals surface area contributed by atoms with Gasteiger partial charge in [-0.05, 0) is 30.5 Å². The molecule has 2 aromatic rings. The second kappa shape index (κ2) is 5.68. The number of carbonyl (C=O) groups is 1. The molecule has 1 aliphatic rings. The van der Waals surface area contributed by atoms with E-state index in [1.54, 1.807) is 25.5 Å². The van der Waals surface area contributed by atoms with Crippen LogP contribution in [-0.4, -0.2) is 22.1 Å². The van der Waals surface area contributed by atoms with Gasteiger partial charge >= 0.3 is 5.97 Å². The van der Waals surface area contributed by atoms with E-state index in [-0.39, 0.29) is 23.6 Å². The van der Waals surface area contributed by atoms with E-state index in [2.05, 4.69) is 4.98 Å². The smallest absolute Gasteiger partial charge is 0.309 e. The van der Waals surface area contributed by atoms with E-state index < -0.39 is 0 Å². The number of hydrogen-bond donors (Lipinski definition) is 0. The Bertz CT molecular complexity index is 640. The quantitative estimate of drug-likeness (QED) is 0.795. The summed E-state index contributed by atoms with van der Waals surface area (Å²) in [6.45, 7) is 2.73. The molecule has 1 aliphatic carbocycles. The molecule has 0 N–H and O–H groups in total. The molecule has 2 unspecified atom stereocenters. The van der Waals surface area contributed by atoms with E-state index in [1.807, 2.05) is 16.8 Å². The molecule has 110 valence electrons. The molecule has 3 rings (SSSR count). The van der Waals surface area contributed by atoms with Crippen LogP contribution in [0.25, 0.3) is 0 Å². The van der Waals surface area contributed by atoms with Crippen LogP contribution < -0.4 is 0 Å². The highest BCUT2D eigenvalue weighted by molar-refractivity contribution is 5.77. The van der Waals surface area contributed by atoms with E-state index >= 15 is 0 Å². The van der Waals surface area contributed by atoms with Gasteiger partial charge in [-0.1, -0.05) is 12.1 Å². The highest BCUT2D eigenvalue weighted by atomic mass is 19.1. The van der Waals surface area contributed by atoms with E-state index in [1.165, 1.54) is 6.07 Å². The minimum atomic E-state index is -0.246. The van der Waals surface area contributed by atoms with Gasteiger partial charge < -0.3 is 9.30 Å². The lowest BCUT2D eigenvalue weighted by molar-refractivity contribution is -0.144. The number of imidazole rings is 1. The van der Waals surface area contributed by atoms with Crippen molar-refractivity contribution in [3.63, 3.8) is 0 Å². The summed E-state index contributed by atoms with van der Waals surface area (Å²) in [4.78, 5) is 15.6. The summed E-state index contributed by atoms with van der Waals surface area (Å²) in [5, 5.41) is 0. The molecule has 0 aliphatic heterocycles. The number of halogens is 1. The fraction of sp³-hybridized carbons (Fsp3) is 0.375. The average Bonchev–Trinajstić information content (AvgIpc) is 3.08. The van der Waals surface area contributed by atoms with Crippen molar-refractivity contribution in [1.29, 1.82) is 0 Å². The number of aromatic nitrogens is 2. The number of benzene rings is 1. The lowest BCUT2D eigenvalue weighted by Gasteiger charge is -2.07. The Hall–Kier alpha value is -2.17. The molecule has 0 bridgehead atoms. The van der Waals surface area contributed by atoms with E-state index in [9.17, 15) is 9.18 Å². The van der Waals surface area contributed by atoms with Gasteiger partial charge in [-0.2, -0.15) is 0 Å². The number of hydrogen-bond acceptors (Lipinski definition) is 3. The maximum absolute atomic E-state index is 14.2. The third-order valence-corrected chi connectivity index (χ3v) is 3.77. The van der Waals surface area contributed by atoms with Crippen LogP contribution in [0, 0.1) is 11.7 Å². The zero-order valence-corrected chi connectivity index (χ0v) is 11.8. The topological polar surface area (TPSA) is 44.1 Å². The Kier molecular flexibility index (Phi) is 3.73. The molecule has 2 atom stereocenters. The van der Waals surface area contributed by atoms with Crippen molar-refractivity contribution in [2.24, 2.45) is 5.92 Å². The number of rotatable bonds is 5. The van der Waals surface area contributed by atoms with Gasteiger partial charge in [-0.3, -0.25) is 4.79 Å². The van der Waals surface area contributed by atoms with Crippen molar-refractivity contribution < 1.29 is 13.9 Å². The fourth-order valence-electron chi connectivity index (χ4n) is 2.61. The molecule has 5 heteroatoms. The first kappa shape index (κ1) is 13.8. The summed E-state index contributed by atoms with van der Waals surface area (Å²) in [5.41, 5.74) is 1.49. The average molecular weight is 288 g/mol. The predicted molar refractivity (Wildman–Crippen MR) is 75.2 cm³/mol. The molecule has 1 heterocycles. The molecule has 0 amide bonds. The number of esters is 1. The molecule has 1 aromatic carbocycles. The van der Waals surface area contributed by atoms with Gasteiger partial charge in [0.05, 0.1) is 18.9 Å². The van der Waals surface area contributed by atoms with E-state index in [0.29, 0.717) is 25.1 Å². The van der Waals surface area contributed by atoms with Crippen molar-refractivity contribution in [2.75, 3.05) is 6.61 Å². The first-order valence-electron chi connectivity index (χ1n) is 7.09. The van der Waals surface area contributed by atoms with Gasteiger partial charge in [0.2, 0.25) is 0 Å². The first-order chi connectivity index (χ1) is 10.2. The van der Waals surface area contributed by atoms with Gasteiger partial charge in [0.1, 0.15) is 5.82 Å². The lowest BCUT2D eigenvalue weighted by atomic mass is 10.1. The largest absolute Gasteiger partial charge is 0.466 e. The zero-order valence-electron chi connectivity index (χ0n) is 11.8. The van der Waals surface area contributed by atoms with Crippen molar-refractivity contribution in [3.05, 3.63) is 53.9 Å². The number of nitrogens with zero attached hydrogens (tertiary/aromatic N) is 2. The summed E-state index contributed by atoms with van der Waals surface area (Å²) in [7, 11) is 0. The van der Waals surface area contributed by atoms with Crippen LogP contribution in [0.5, 0.6) is 0 Å². The predicted octanol–water partition coefficient (Wildman–Crippen LogP) is 2.74. The minimum absolute atomic E-state index is 0.0358. The molecule has 0 radical (unpaired) electrons. The molecule has 1 saturated carbocycles. The molecule has 1 aromatic heterocycles. The maximum Gasteiger partial charge on any atom is 0.309 e. The highest BCUT2D eigenvalue weighted by Gasteiger charge is 2.46. The molecule has 1 fully saturated rings. The van der Waals surface area contributed by atoms with Crippen LogP contribution in [0.3, 0.4) is 0 Å². The Morgan fingerprint density at radius 2 is 2.38 bits per heavy atom. The van der Waals surface area contributed by atoms with Crippen LogP contribution in [0.4, 0.5) is 4.39 Å². The summed E-state index contributed by atoms with van der Waals surface area (Å²) < 4.78 is 21.1. The molecule has 0 saturated heterocycles. The summed E-state index contributed by atoms with van der Waals surface area (Å²) in [6.07, 6.45) is 5.91. The van der Waals surface area contributed by atoms with Crippen molar-refractivity contribution in [1.82, 2.24) is 9.55 Å². The fourth-order valence-corrected chi connectivity index (χ4v) is 2.61. The van der Waals surface area contributed by atoms with E-state index in [0.717, 1.165) is 5.56 Å². The SMILES string of the molecule is CCOC(=O)C1CC1c1ccc(Cn2ccnc2)cc1F. The van der Waals surface area contributed by atoms with Crippen molar-refractivity contribution in [2.45, 2.75) is 25.8 Å². The Morgan fingerprint density at radius 3 is 3.05 bits per heavy atom. The van der Waals surface area contributed by atoms with Crippen LogP contribution >= 0.6 is 0 Å².